The van der Waals surface area contributed by atoms with E-state index in [1.807, 2.05) is 0 Å². The number of benzene rings is 1. The van der Waals surface area contributed by atoms with E-state index in [1.165, 1.54) is 35.5 Å². The van der Waals surface area contributed by atoms with E-state index in [0.717, 1.165) is 0 Å². The predicted octanol–water partition coefficient (Wildman–Crippen LogP) is 2.41. The maximum atomic E-state index is 12.4. The van der Waals surface area contributed by atoms with Crippen molar-refractivity contribution in [1.29, 1.82) is 0 Å². The molecule has 0 saturated heterocycles. The van der Waals surface area contributed by atoms with Crippen LogP contribution in [-0.2, 0) is 11.3 Å². The van der Waals surface area contributed by atoms with Crippen LogP contribution in [0.5, 0.6) is 5.75 Å². The highest BCUT2D eigenvalue weighted by Gasteiger charge is 2.16. The van der Waals surface area contributed by atoms with Crippen LogP contribution in [0.15, 0.2) is 30.9 Å². The summed E-state index contributed by atoms with van der Waals surface area (Å²) >= 11 is 5.83. The number of alkyl halides is 2. The van der Waals surface area contributed by atoms with Crippen molar-refractivity contribution >= 4 is 17.5 Å². The van der Waals surface area contributed by atoms with Gasteiger partial charge in [-0.05, 0) is 25.1 Å². The zero-order chi connectivity index (χ0) is 16.1. The predicted molar refractivity (Wildman–Crippen MR) is 74.7 cm³/mol. The Hall–Kier alpha value is -2.22. The first-order valence-corrected chi connectivity index (χ1v) is 6.70. The van der Waals surface area contributed by atoms with E-state index in [2.05, 4.69) is 20.1 Å². The second-order valence-electron chi connectivity index (χ2n) is 4.40. The van der Waals surface area contributed by atoms with Crippen LogP contribution in [0, 0.1) is 0 Å². The fraction of sp³-hybridized carbons (Fsp3) is 0.308. The first-order chi connectivity index (χ1) is 10.5. The van der Waals surface area contributed by atoms with Gasteiger partial charge in [0.25, 0.3) is 0 Å². The molecule has 0 saturated carbocycles. The maximum Gasteiger partial charge on any atom is 0.387 e. The molecule has 1 aromatic carbocycles. The van der Waals surface area contributed by atoms with Gasteiger partial charge in [-0.25, -0.2) is 9.67 Å². The fourth-order valence-corrected chi connectivity index (χ4v) is 1.96. The summed E-state index contributed by atoms with van der Waals surface area (Å²) in [6, 6.07) is 3.64. The van der Waals surface area contributed by atoms with Crippen molar-refractivity contribution in [2.75, 3.05) is 0 Å². The van der Waals surface area contributed by atoms with Crippen molar-refractivity contribution < 1.29 is 18.3 Å². The third-order valence-electron chi connectivity index (χ3n) is 2.90. The molecule has 118 valence electrons. The minimum absolute atomic E-state index is 0.000480. The van der Waals surface area contributed by atoms with Crippen molar-refractivity contribution in [3.63, 3.8) is 0 Å². The number of nitrogens with one attached hydrogen (secondary N) is 1. The van der Waals surface area contributed by atoms with Crippen molar-refractivity contribution in [2.24, 2.45) is 0 Å². The molecule has 0 aliphatic rings. The van der Waals surface area contributed by atoms with Gasteiger partial charge in [-0.15, -0.1) is 0 Å². The van der Waals surface area contributed by atoms with Crippen molar-refractivity contribution in [3.05, 3.63) is 41.4 Å². The van der Waals surface area contributed by atoms with E-state index in [1.54, 1.807) is 6.92 Å². The van der Waals surface area contributed by atoms with Gasteiger partial charge < -0.3 is 10.1 Å². The lowest BCUT2D eigenvalue weighted by Gasteiger charge is -2.14. The van der Waals surface area contributed by atoms with E-state index in [0.29, 0.717) is 10.6 Å². The van der Waals surface area contributed by atoms with Crippen LogP contribution >= 0.6 is 11.6 Å². The average Bonchev–Trinajstić information content (AvgIpc) is 3.00. The van der Waals surface area contributed by atoms with Crippen molar-refractivity contribution in [2.45, 2.75) is 26.1 Å². The number of amides is 1. The number of hydrogen-bond donors (Lipinski definition) is 1. The number of carbonyl (C=O) groups excluding carboxylic acids is 1. The number of hydrogen-bond acceptors (Lipinski definition) is 4. The molecule has 1 atom stereocenters. The lowest BCUT2D eigenvalue weighted by molar-refractivity contribution is -0.124. The molecular weight excluding hydrogens is 318 g/mol. The molecule has 2 aromatic rings. The zero-order valence-electron chi connectivity index (χ0n) is 11.5. The molecule has 0 bridgehead atoms. The maximum absolute atomic E-state index is 12.4. The number of aromatic nitrogens is 3. The molecule has 0 spiro atoms. The van der Waals surface area contributed by atoms with Gasteiger partial charge >= 0.3 is 6.61 Å². The molecule has 1 N–H and O–H groups in total. The summed E-state index contributed by atoms with van der Waals surface area (Å²) in [5.41, 5.74) is 0.354. The minimum atomic E-state index is -2.95. The number of rotatable bonds is 6. The normalized spacial score (nSPS) is 12.2. The van der Waals surface area contributed by atoms with E-state index in [9.17, 15) is 13.6 Å². The van der Waals surface area contributed by atoms with Crippen LogP contribution in [0.3, 0.4) is 0 Å². The van der Waals surface area contributed by atoms with Gasteiger partial charge in [0.2, 0.25) is 5.91 Å². The topological polar surface area (TPSA) is 69.0 Å². The van der Waals surface area contributed by atoms with Crippen LogP contribution in [0.2, 0.25) is 5.02 Å². The average molecular weight is 331 g/mol. The van der Waals surface area contributed by atoms with Gasteiger partial charge in [0.05, 0.1) is 0 Å². The number of nitrogens with zero attached hydrogens (tertiary/aromatic N) is 3. The van der Waals surface area contributed by atoms with Crippen molar-refractivity contribution in [1.82, 2.24) is 20.1 Å². The van der Waals surface area contributed by atoms with E-state index in [-0.39, 0.29) is 18.2 Å². The smallest absolute Gasteiger partial charge is 0.387 e. The Bertz CT molecular complexity index is 637. The van der Waals surface area contributed by atoms with Crippen LogP contribution in [0.4, 0.5) is 8.78 Å². The summed E-state index contributed by atoms with van der Waals surface area (Å²) < 4.78 is 30.5. The molecule has 6 nitrogen and oxygen atoms in total. The lowest BCUT2D eigenvalue weighted by Crippen LogP contribution is -2.31. The van der Waals surface area contributed by atoms with Gasteiger partial charge in [0.1, 0.15) is 24.4 Å². The Kier molecular flexibility index (Phi) is 5.26. The molecular formula is C13H13ClF2N4O2. The Morgan fingerprint density at radius 3 is 2.91 bits per heavy atom. The van der Waals surface area contributed by atoms with Gasteiger partial charge in [0.15, 0.2) is 0 Å². The molecule has 0 radical (unpaired) electrons. The third-order valence-corrected chi connectivity index (χ3v) is 3.14. The van der Waals surface area contributed by atoms with Gasteiger partial charge in [-0.1, -0.05) is 11.6 Å². The lowest BCUT2D eigenvalue weighted by atomic mass is 10.2. The zero-order valence-corrected chi connectivity index (χ0v) is 12.3. The molecule has 0 aliphatic carbocycles. The van der Waals surface area contributed by atoms with Crippen molar-refractivity contribution in [3.8, 4) is 5.75 Å². The quantitative estimate of drug-likeness (QED) is 0.883. The van der Waals surface area contributed by atoms with Gasteiger partial charge in [-0.3, -0.25) is 4.79 Å². The highest BCUT2D eigenvalue weighted by Crippen LogP contribution is 2.24. The van der Waals surface area contributed by atoms with Crippen LogP contribution in [0.25, 0.3) is 0 Å². The Balaban J connectivity index is 2.04. The number of carbonyl (C=O) groups is 1. The fourth-order valence-electron chi connectivity index (χ4n) is 1.76. The summed E-state index contributed by atoms with van der Waals surface area (Å²) in [5, 5.41) is 6.84. The van der Waals surface area contributed by atoms with E-state index < -0.39 is 12.7 Å². The van der Waals surface area contributed by atoms with Crippen LogP contribution < -0.4 is 10.1 Å². The molecule has 9 heteroatoms. The second-order valence-corrected chi connectivity index (χ2v) is 4.84. The Labute approximate surface area is 130 Å². The highest BCUT2D eigenvalue weighted by atomic mass is 35.5. The van der Waals surface area contributed by atoms with Crippen LogP contribution in [-0.4, -0.2) is 27.3 Å². The van der Waals surface area contributed by atoms with Crippen LogP contribution in [0.1, 0.15) is 18.5 Å². The summed E-state index contributed by atoms with van der Waals surface area (Å²) in [7, 11) is 0. The molecule has 22 heavy (non-hydrogen) atoms. The van der Waals surface area contributed by atoms with Gasteiger partial charge in [0, 0.05) is 17.1 Å². The molecule has 2 rings (SSSR count). The SMILES string of the molecule is CC(C(=O)NCc1cc(Cl)ccc1OC(F)F)n1cncn1. The first-order valence-electron chi connectivity index (χ1n) is 6.32. The minimum Gasteiger partial charge on any atom is -0.434 e. The molecule has 0 aliphatic heterocycles. The number of ether oxygens (including phenoxy) is 1. The first kappa shape index (κ1) is 16.2. The standard InChI is InChI=1S/C13H13ClF2N4O2/c1-8(20-7-17-6-19-20)12(21)18-5-9-4-10(14)2-3-11(9)22-13(15)16/h2-4,6-8,13H,5H2,1H3,(H,18,21). The Morgan fingerprint density at radius 2 is 2.27 bits per heavy atom. The summed E-state index contributed by atoms with van der Waals surface area (Å²) in [6.07, 6.45) is 2.73. The summed E-state index contributed by atoms with van der Waals surface area (Å²) in [5.74, 6) is -0.374. The molecule has 1 heterocycles. The summed E-state index contributed by atoms with van der Waals surface area (Å²) in [6.45, 7) is -1.32. The monoisotopic (exact) mass is 330 g/mol. The summed E-state index contributed by atoms with van der Waals surface area (Å²) in [4.78, 5) is 15.8. The van der Waals surface area contributed by atoms with Gasteiger partial charge in [-0.2, -0.15) is 13.9 Å². The highest BCUT2D eigenvalue weighted by molar-refractivity contribution is 6.30. The molecule has 0 fully saturated rings. The third kappa shape index (κ3) is 4.14. The molecule has 1 unspecified atom stereocenters. The number of halogens is 3. The molecule has 1 amide bonds. The Morgan fingerprint density at radius 1 is 1.50 bits per heavy atom. The van der Waals surface area contributed by atoms with E-state index in [4.69, 9.17) is 11.6 Å². The van der Waals surface area contributed by atoms with E-state index >= 15 is 0 Å². The largest absolute Gasteiger partial charge is 0.434 e. The molecule has 1 aromatic heterocycles. The second kappa shape index (κ2) is 7.17.